The van der Waals surface area contributed by atoms with E-state index in [9.17, 15) is 9.59 Å². The van der Waals surface area contributed by atoms with Crippen molar-refractivity contribution in [3.8, 4) is 0 Å². The molecule has 1 aliphatic heterocycles. The topological polar surface area (TPSA) is 64.7 Å². The Labute approximate surface area is 166 Å². The SMILES string of the molecule is Cc1ccc(N2C[C@H](NC(=O)NCCN(C)Cc3ccccc3)CC2=O)cc1. The molecule has 1 heterocycles. The fourth-order valence-corrected chi connectivity index (χ4v) is 3.35. The molecule has 2 aromatic rings. The Morgan fingerprint density at radius 2 is 1.86 bits per heavy atom. The molecule has 2 N–H and O–H groups in total. The third kappa shape index (κ3) is 5.57. The van der Waals surface area contributed by atoms with E-state index in [4.69, 9.17) is 0 Å². The van der Waals surface area contributed by atoms with Crippen LogP contribution >= 0.6 is 0 Å². The summed E-state index contributed by atoms with van der Waals surface area (Å²) in [6.45, 7) is 4.66. The second-order valence-corrected chi connectivity index (χ2v) is 7.36. The summed E-state index contributed by atoms with van der Waals surface area (Å²) in [5.74, 6) is 0.0387. The molecule has 3 amide bonds. The summed E-state index contributed by atoms with van der Waals surface area (Å²) in [7, 11) is 2.03. The van der Waals surface area contributed by atoms with E-state index in [1.807, 2.05) is 56.4 Å². The number of carbonyl (C=O) groups is 2. The van der Waals surface area contributed by atoms with Gasteiger partial charge in [0.25, 0.3) is 0 Å². The van der Waals surface area contributed by atoms with Crippen LogP contribution in [0.1, 0.15) is 17.5 Å². The van der Waals surface area contributed by atoms with Crippen LogP contribution in [0.5, 0.6) is 0 Å². The van der Waals surface area contributed by atoms with Crippen LogP contribution < -0.4 is 15.5 Å². The molecule has 1 aliphatic rings. The number of aryl methyl sites for hydroxylation is 1. The molecule has 0 bridgehead atoms. The molecular weight excluding hydrogens is 352 g/mol. The lowest BCUT2D eigenvalue weighted by atomic mass is 10.2. The average Bonchev–Trinajstić information content (AvgIpc) is 3.03. The second kappa shape index (κ2) is 9.37. The van der Waals surface area contributed by atoms with Crippen molar-refractivity contribution in [3.05, 3.63) is 65.7 Å². The predicted molar refractivity (Wildman–Crippen MR) is 111 cm³/mol. The molecule has 3 rings (SSSR count). The Hall–Kier alpha value is -2.86. The van der Waals surface area contributed by atoms with Crippen molar-refractivity contribution in [2.45, 2.75) is 25.9 Å². The number of urea groups is 1. The second-order valence-electron chi connectivity index (χ2n) is 7.36. The monoisotopic (exact) mass is 380 g/mol. The number of rotatable bonds is 7. The maximum absolute atomic E-state index is 12.3. The largest absolute Gasteiger partial charge is 0.337 e. The molecule has 0 spiro atoms. The van der Waals surface area contributed by atoms with Gasteiger partial charge in [-0.1, -0.05) is 48.0 Å². The van der Waals surface area contributed by atoms with Gasteiger partial charge in [-0.3, -0.25) is 4.79 Å². The van der Waals surface area contributed by atoms with Crippen molar-refractivity contribution < 1.29 is 9.59 Å². The van der Waals surface area contributed by atoms with Crippen LogP contribution in [0.25, 0.3) is 0 Å². The van der Waals surface area contributed by atoms with Gasteiger partial charge in [0.05, 0.1) is 6.04 Å². The molecule has 1 saturated heterocycles. The van der Waals surface area contributed by atoms with E-state index in [0.29, 0.717) is 19.5 Å². The van der Waals surface area contributed by atoms with E-state index >= 15 is 0 Å². The number of benzene rings is 2. The fourth-order valence-electron chi connectivity index (χ4n) is 3.35. The number of likely N-dealkylation sites (N-methyl/N-ethyl adjacent to an activating group) is 1. The third-order valence-corrected chi connectivity index (χ3v) is 4.88. The van der Waals surface area contributed by atoms with E-state index in [-0.39, 0.29) is 18.0 Å². The van der Waals surface area contributed by atoms with Gasteiger partial charge in [0.15, 0.2) is 0 Å². The van der Waals surface area contributed by atoms with Crippen LogP contribution in [0.3, 0.4) is 0 Å². The van der Waals surface area contributed by atoms with Gasteiger partial charge in [0, 0.05) is 38.3 Å². The molecule has 6 heteroatoms. The first kappa shape index (κ1) is 19.9. The number of hydrogen-bond acceptors (Lipinski definition) is 3. The maximum Gasteiger partial charge on any atom is 0.315 e. The van der Waals surface area contributed by atoms with E-state index in [1.54, 1.807) is 4.90 Å². The molecule has 148 valence electrons. The number of hydrogen-bond donors (Lipinski definition) is 2. The molecule has 0 unspecified atom stereocenters. The van der Waals surface area contributed by atoms with Gasteiger partial charge in [-0.05, 0) is 31.7 Å². The van der Waals surface area contributed by atoms with Crippen LogP contribution in [-0.2, 0) is 11.3 Å². The van der Waals surface area contributed by atoms with Crippen molar-refractivity contribution in [3.63, 3.8) is 0 Å². The molecule has 1 atom stereocenters. The van der Waals surface area contributed by atoms with Gasteiger partial charge < -0.3 is 20.4 Å². The van der Waals surface area contributed by atoms with Crippen molar-refractivity contribution in [1.82, 2.24) is 15.5 Å². The Morgan fingerprint density at radius 3 is 2.57 bits per heavy atom. The Balaban J connectivity index is 1.39. The summed E-state index contributed by atoms with van der Waals surface area (Å²) in [5.41, 5.74) is 3.28. The normalized spacial score (nSPS) is 16.5. The molecule has 2 aromatic carbocycles. The third-order valence-electron chi connectivity index (χ3n) is 4.88. The summed E-state index contributed by atoms with van der Waals surface area (Å²) < 4.78 is 0. The molecule has 1 fully saturated rings. The van der Waals surface area contributed by atoms with E-state index in [2.05, 4.69) is 27.7 Å². The molecule has 0 saturated carbocycles. The zero-order chi connectivity index (χ0) is 19.9. The smallest absolute Gasteiger partial charge is 0.315 e. The first-order chi connectivity index (χ1) is 13.5. The van der Waals surface area contributed by atoms with Gasteiger partial charge in [-0.15, -0.1) is 0 Å². The summed E-state index contributed by atoms with van der Waals surface area (Å²) in [6, 6.07) is 17.7. The minimum absolute atomic E-state index is 0.0387. The Morgan fingerprint density at radius 1 is 1.14 bits per heavy atom. The zero-order valence-electron chi connectivity index (χ0n) is 16.5. The van der Waals surface area contributed by atoms with Crippen LogP contribution in [0.4, 0.5) is 10.5 Å². The summed E-state index contributed by atoms with van der Waals surface area (Å²) >= 11 is 0. The van der Waals surface area contributed by atoms with Crippen LogP contribution in [0.15, 0.2) is 54.6 Å². The van der Waals surface area contributed by atoms with E-state index in [0.717, 1.165) is 24.3 Å². The van der Waals surface area contributed by atoms with Gasteiger partial charge in [-0.25, -0.2) is 4.79 Å². The number of carbonyl (C=O) groups excluding carboxylic acids is 2. The highest BCUT2D eigenvalue weighted by Crippen LogP contribution is 2.21. The lowest BCUT2D eigenvalue weighted by Crippen LogP contribution is -2.45. The summed E-state index contributed by atoms with van der Waals surface area (Å²) in [4.78, 5) is 28.3. The molecular formula is C22H28N4O2. The van der Waals surface area contributed by atoms with Gasteiger partial charge >= 0.3 is 6.03 Å². The first-order valence-corrected chi connectivity index (χ1v) is 9.65. The summed E-state index contributed by atoms with van der Waals surface area (Å²) in [5, 5.41) is 5.79. The van der Waals surface area contributed by atoms with Crippen molar-refractivity contribution in [1.29, 1.82) is 0 Å². The lowest BCUT2D eigenvalue weighted by molar-refractivity contribution is -0.117. The minimum atomic E-state index is -0.225. The van der Waals surface area contributed by atoms with Gasteiger partial charge in [0.1, 0.15) is 0 Å². The number of anilines is 1. The summed E-state index contributed by atoms with van der Waals surface area (Å²) in [6.07, 6.45) is 0.329. The van der Waals surface area contributed by atoms with Crippen molar-refractivity contribution >= 4 is 17.6 Å². The highest BCUT2D eigenvalue weighted by Gasteiger charge is 2.31. The van der Waals surface area contributed by atoms with Crippen LogP contribution in [0.2, 0.25) is 0 Å². The highest BCUT2D eigenvalue weighted by atomic mass is 16.2. The minimum Gasteiger partial charge on any atom is -0.337 e. The van der Waals surface area contributed by atoms with Crippen molar-refractivity contribution in [2.24, 2.45) is 0 Å². The predicted octanol–water partition coefficient (Wildman–Crippen LogP) is 2.53. The molecule has 6 nitrogen and oxygen atoms in total. The average molecular weight is 380 g/mol. The molecule has 0 aromatic heterocycles. The molecule has 0 aliphatic carbocycles. The lowest BCUT2D eigenvalue weighted by Gasteiger charge is -2.19. The van der Waals surface area contributed by atoms with Crippen molar-refractivity contribution in [2.75, 3.05) is 31.6 Å². The quantitative estimate of drug-likeness (QED) is 0.776. The molecule has 28 heavy (non-hydrogen) atoms. The molecule has 0 radical (unpaired) electrons. The number of amides is 3. The Kier molecular flexibility index (Phi) is 6.66. The first-order valence-electron chi connectivity index (χ1n) is 9.65. The van der Waals surface area contributed by atoms with Crippen LogP contribution in [-0.4, -0.2) is 49.6 Å². The fraction of sp³-hybridized carbons (Fsp3) is 0.364. The van der Waals surface area contributed by atoms with Gasteiger partial charge in [0.2, 0.25) is 5.91 Å². The number of nitrogens with one attached hydrogen (secondary N) is 2. The highest BCUT2D eigenvalue weighted by molar-refractivity contribution is 5.96. The van der Waals surface area contributed by atoms with E-state index in [1.165, 1.54) is 5.56 Å². The standard InChI is InChI=1S/C22H28N4O2/c1-17-8-10-20(11-9-17)26-16-19(14-21(26)27)24-22(28)23-12-13-25(2)15-18-6-4-3-5-7-18/h3-11,19H,12-16H2,1-2H3,(H2,23,24,28)/t19-/m1/s1. The van der Waals surface area contributed by atoms with E-state index < -0.39 is 0 Å². The zero-order valence-corrected chi connectivity index (χ0v) is 16.5. The Bertz CT molecular complexity index is 792. The number of nitrogens with zero attached hydrogens (tertiary/aromatic N) is 2. The van der Waals surface area contributed by atoms with Crippen LogP contribution in [0, 0.1) is 6.92 Å². The van der Waals surface area contributed by atoms with Gasteiger partial charge in [-0.2, -0.15) is 0 Å². The maximum atomic E-state index is 12.3.